The Hall–Kier alpha value is -1.31. The van der Waals surface area contributed by atoms with Crippen LogP contribution in [0.2, 0.25) is 0 Å². The molecule has 0 atom stereocenters. The molecule has 0 spiro atoms. The van der Waals surface area contributed by atoms with E-state index < -0.39 is 0 Å². The van der Waals surface area contributed by atoms with E-state index in [4.69, 9.17) is 4.74 Å². The molecule has 0 saturated heterocycles. The fourth-order valence-electron chi connectivity index (χ4n) is 0.925. The van der Waals surface area contributed by atoms with Crippen molar-refractivity contribution in [3.8, 4) is 0 Å². The van der Waals surface area contributed by atoms with Gasteiger partial charge in [-0.05, 0) is 19.1 Å². The molecule has 13 heavy (non-hydrogen) atoms. The molecule has 0 amide bonds. The van der Waals surface area contributed by atoms with Crippen LogP contribution >= 0.6 is 0 Å². The zero-order valence-corrected chi connectivity index (χ0v) is 8.58. The van der Waals surface area contributed by atoms with Crippen molar-refractivity contribution in [3.05, 3.63) is 36.3 Å². The van der Waals surface area contributed by atoms with Crippen molar-refractivity contribution < 1.29 is 4.74 Å². The molecule has 0 aromatic heterocycles. The molecule has 1 heterocycles. The predicted molar refractivity (Wildman–Crippen MR) is 57.8 cm³/mol. The van der Waals surface area contributed by atoms with E-state index in [-0.39, 0.29) is 0 Å². The summed E-state index contributed by atoms with van der Waals surface area (Å²) in [6.45, 7) is 10.1. The second-order valence-electron chi connectivity index (χ2n) is 2.12. The molecular formula is C11H17NO. The van der Waals surface area contributed by atoms with Gasteiger partial charge in [-0.2, -0.15) is 0 Å². The van der Waals surface area contributed by atoms with Crippen molar-refractivity contribution in [2.45, 2.75) is 20.8 Å². The summed E-state index contributed by atoms with van der Waals surface area (Å²) < 4.78 is 5.15. The molecule has 1 aliphatic heterocycles. The lowest BCUT2D eigenvalue weighted by Gasteiger charge is -2.04. The Morgan fingerprint density at radius 1 is 1.62 bits per heavy atom. The summed E-state index contributed by atoms with van der Waals surface area (Å²) >= 11 is 0. The average molecular weight is 179 g/mol. The Kier molecular flexibility index (Phi) is 6.60. The minimum Gasteiger partial charge on any atom is -0.466 e. The highest BCUT2D eigenvalue weighted by molar-refractivity contribution is 5.76. The van der Waals surface area contributed by atoms with E-state index in [0.29, 0.717) is 6.54 Å². The summed E-state index contributed by atoms with van der Waals surface area (Å²) in [6, 6.07) is 0. The molecule has 1 aliphatic rings. The largest absolute Gasteiger partial charge is 0.466 e. The fraction of sp³-hybridized carbons (Fsp3) is 0.364. The molecule has 0 aromatic rings. The Labute approximate surface area is 80.3 Å². The summed E-state index contributed by atoms with van der Waals surface area (Å²) in [6.07, 6.45) is 7.06. The molecule has 1 rings (SSSR count). The molecule has 72 valence electrons. The Bertz CT molecular complexity index is 236. The van der Waals surface area contributed by atoms with E-state index in [1.54, 1.807) is 6.21 Å². The fourth-order valence-corrected chi connectivity index (χ4v) is 0.925. The monoisotopic (exact) mass is 179 g/mol. The van der Waals surface area contributed by atoms with Gasteiger partial charge in [0.2, 0.25) is 0 Å². The maximum absolute atomic E-state index is 5.15. The van der Waals surface area contributed by atoms with Crippen LogP contribution in [-0.4, -0.2) is 12.8 Å². The van der Waals surface area contributed by atoms with Crippen molar-refractivity contribution in [2.24, 2.45) is 4.99 Å². The van der Waals surface area contributed by atoms with E-state index in [2.05, 4.69) is 11.6 Å². The van der Waals surface area contributed by atoms with Gasteiger partial charge in [-0.1, -0.05) is 20.4 Å². The normalized spacial score (nSPS) is 14.4. The van der Waals surface area contributed by atoms with Gasteiger partial charge in [0.25, 0.3) is 0 Å². The number of allylic oxidation sites excluding steroid dienone is 2. The Morgan fingerprint density at radius 2 is 2.31 bits per heavy atom. The quantitative estimate of drug-likeness (QED) is 0.610. The number of nitrogens with zero attached hydrogens (tertiary/aromatic N) is 1. The standard InChI is InChI=1S/C9H11NO.C2H6/c1-3-9(11-4-2)8-5-6-10-7-8;1-2/h3-6H,2,7H2,1H3;1-2H3/b9-3-;. The molecule has 0 aromatic carbocycles. The lowest BCUT2D eigenvalue weighted by atomic mass is 10.2. The minimum atomic E-state index is 0.716. The van der Waals surface area contributed by atoms with Gasteiger partial charge in [0.05, 0.1) is 12.8 Å². The number of aliphatic imine (C=N–C) groups is 1. The first-order chi connectivity index (χ1) is 6.38. The first-order valence-corrected chi connectivity index (χ1v) is 4.51. The number of hydrogen-bond donors (Lipinski definition) is 0. The number of hydrogen-bond acceptors (Lipinski definition) is 2. The molecule has 0 saturated carbocycles. The molecule has 0 fully saturated rings. The summed E-state index contributed by atoms with van der Waals surface area (Å²) in [5.41, 5.74) is 1.10. The molecule has 0 N–H and O–H groups in total. The predicted octanol–water partition coefficient (Wildman–Crippen LogP) is 3.09. The summed E-state index contributed by atoms with van der Waals surface area (Å²) in [5, 5.41) is 0. The average Bonchev–Trinajstić information content (AvgIpc) is 2.70. The van der Waals surface area contributed by atoms with Crippen molar-refractivity contribution in [1.82, 2.24) is 0 Å². The van der Waals surface area contributed by atoms with E-state index in [1.165, 1.54) is 6.26 Å². The summed E-state index contributed by atoms with van der Waals surface area (Å²) in [7, 11) is 0. The molecule has 0 radical (unpaired) electrons. The van der Waals surface area contributed by atoms with Crippen LogP contribution in [0.15, 0.2) is 41.3 Å². The third-order valence-corrected chi connectivity index (χ3v) is 1.43. The van der Waals surface area contributed by atoms with Gasteiger partial charge in [0.15, 0.2) is 0 Å². The topological polar surface area (TPSA) is 21.6 Å². The molecule has 0 unspecified atom stereocenters. The van der Waals surface area contributed by atoms with Gasteiger partial charge in [-0.3, -0.25) is 4.99 Å². The maximum Gasteiger partial charge on any atom is 0.127 e. The Balaban J connectivity index is 0.000000671. The summed E-state index contributed by atoms with van der Waals surface area (Å²) in [5.74, 6) is 0.845. The van der Waals surface area contributed by atoms with Crippen LogP contribution in [0.3, 0.4) is 0 Å². The Morgan fingerprint density at radius 3 is 2.69 bits per heavy atom. The van der Waals surface area contributed by atoms with Crippen molar-refractivity contribution in [2.75, 3.05) is 6.54 Å². The van der Waals surface area contributed by atoms with Gasteiger partial charge >= 0.3 is 0 Å². The van der Waals surface area contributed by atoms with Crippen LogP contribution in [-0.2, 0) is 4.74 Å². The van der Waals surface area contributed by atoms with Gasteiger partial charge in [-0.15, -0.1) is 0 Å². The number of rotatable bonds is 3. The molecule has 2 nitrogen and oxygen atoms in total. The van der Waals surface area contributed by atoms with Crippen molar-refractivity contribution in [3.63, 3.8) is 0 Å². The van der Waals surface area contributed by atoms with Crippen LogP contribution in [0.5, 0.6) is 0 Å². The third kappa shape index (κ3) is 3.74. The van der Waals surface area contributed by atoms with E-state index in [0.717, 1.165) is 11.3 Å². The SMILES string of the molecule is C=CO/C(=C\C)C1=CC=NC1.CC. The van der Waals surface area contributed by atoms with Gasteiger partial charge in [-0.25, -0.2) is 0 Å². The van der Waals surface area contributed by atoms with E-state index in [1.807, 2.05) is 32.9 Å². The van der Waals surface area contributed by atoms with Crippen LogP contribution < -0.4 is 0 Å². The minimum absolute atomic E-state index is 0.716. The highest BCUT2D eigenvalue weighted by Crippen LogP contribution is 2.14. The highest BCUT2D eigenvalue weighted by Gasteiger charge is 2.05. The van der Waals surface area contributed by atoms with Gasteiger partial charge in [0.1, 0.15) is 5.76 Å². The van der Waals surface area contributed by atoms with Crippen LogP contribution in [0.25, 0.3) is 0 Å². The lowest BCUT2D eigenvalue weighted by molar-refractivity contribution is 0.361. The third-order valence-electron chi connectivity index (χ3n) is 1.43. The van der Waals surface area contributed by atoms with Gasteiger partial charge in [0, 0.05) is 11.8 Å². The van der Waals surface area contributed by atoms with Crippen molar-refractivity contribution in [1.29, 1.82) is 0 Å². The maximum atomic E-state index is 5.15. The zero-order valence-electron chi connectivity index (χ0n) is 8.58. The highest BCUT2D eigenvalue weighted by atomic mass is 16.5. The van der Waals surface area contributed by atoms with E-state index in [9.17, 15) is 0 Å². The first kappa shape index (κ1) is 11.7. The zero-order chi connectivity index (χ0) is 10.1. The lowest BCUT2D eigenvalue weighted by Crippen LogP contribution is -1.91. The van der Waals surface area contributed by atoms with Crippen LogP contribution in [0.4, 0.5) is 0 Å². The summed E-state index contributed by atoms with van der Waals surface area (Å²) in [4.78, 5) is 4.04. The smallest absolute Gasteiger partial charge is 0.127 e. The van der Waals surface area contributed by atoms with E-state index >= 15 is 0 Å². The first-order valence-electron chi connectivity index (χ1n) is 4.51. The molecule has 2 heteroatoms. The van der Waals surface area contributed by atoms with Crippen LogP contribution in [0.1, 0.15) is 20.8 Å². The second kappa shape index (κ2) is 7.35. The molecule has 0 bridgehead atoms. The van der Waals surface area contributed by atoms with Gasteiger partial charge < -0.3 is 4.74 Å². The van der Waals surface area contributed by atoms with Crippen molar-refractivity contribution >= 4 is 6.21 Å². The second-order valence-corrected chi connectivity index (χ2v) is 2.12. The molecular weight excluding hydrogens is 162 g/mol. The number of ether oxygens (including phenoxy) is 1. The van der Waals surface area contributed by atoms with Crippen LogP contribution in [0, 0.1) is 0 Å². The molecule has 0 aliphatic carbocycles.